The molecule has 20 heavy (non-hydrogen) atoms. The first-order valence-electron chi connectivity index (χ1n) is 7.52. The average Bonchev–Trinajstić information content (AvgIpc) is 2.90. The van der Waals surface area contributed by atoms with E-state index >= 15 is 0 Å². The number of fused-ring (bicyclic) bond motifs is 1. The van der Waals surface area contributed by atoms with Crippen LogP contribution in [0.5, 0.6) is 0 Å². The Kier molecular flexibility index (Phi) is 6.91. The summed E-state index contributed by atoms with van der Waals surface area (Å²) >= 11 is 3.87. The van der Waals surface area contributed by atoms with Crippen LogP contribution in [0.25, 0.3) is 10.1 Å². The van der Waals surface area contributed by atoms with Crippen LogP contribution in [-0.2, 0) is 0 Å². The Morgan fingerprint density at radius 3 is 2.75 bits per heavy atom. The second kappa shape index (κ2) is 8.71. The number of rotatable bonds is 9. The van der Waals surface area contributed by atoms with Crippen molar-refractivity contribution in [1.29, 1.82) is 0 Å². The van der Waals surface area contributed by atoms with Crippen molar-refractivity contribution < 1.29 is 0 Å². The van der Waals surface area contributed by atoms with Gasteiger partial charge in [-0.25, -0.2) is 0 Å². The van der Waals surface area contributed by atoms with Crippen molar-refractivity contribution in [3.63, 3.8) is 0 Å². The summed E-state index contributed by atoms with van der Waals surface area (Å²) in [7, 11) is 0. The van der Waals surface area contributed by atoms with E-state index < -0.39 is 0 Å². The van der Waals surface area contributed by atoms with Gasteiger partial charge >= 0.3 is 0 Å². The Morgan fingerprint density at radius 2 is 1.95 bits per heavy atom. The lowest BCUT2D eigenvalue weighted by atomic mass is 10.2. The topological polar surface area (TPSA) is 12.0 Å². The smallest absolute Gasteiger partial charge is 0.0386 e. The number of nitrogens with one attached hydrogen (secondary N) is 1. The molecule has 0 saturated carbocycles. The zero-order valence-corrected chi connectivity index (χ0v) is 14.2. The maximum Gasteiger partial charge on any atom is 0.0386 e. The fraction of sp³-hybridized carbons (Fsp3) is 0.529. The molecule has 1 atom stereocenters. The molecule has 0 amide bonds. The van der Waals surface area contributed by atoms with Gasteiger partial charge in [0.15, 0.2) is 0 Å². The van der Waals surface area contributed by atoms with Crippen molar-refractivity contribution in [3.05, 3.63) is 35.2 Å². The molecule has 110 valence electrons. The number of thiophene rings is 1. The highest BCUT2D eigenvalue weighted by Gasteiger charge is 2.08. The van der Waals surface area contributed by atoms with Gasteiger partial charge in [-0.1, -0.05) is 31.0 Å². The van der Waals surface area contributed by atoms with Gasteiger partial charge in [0, 0.05) is 15.6 Å². The van der Waals surface area contributed by atoms with Crippen LogP contribution in [0.4, 0.5) is 0 Å². The van der Waals surface area contributed by atoms with E-state index in [0.717, 1.165) is 6.54 Å². The van der Waals surface area contributed by atoms with E-state index in [9.17, 15) is 0 Å². The highest BCUT2D eigenvalue weighted by molar-refractivity contribution is 7.98. The number of benzene rings is 1. The van der Waals surface area contributed by atoms with Gasteiger partial charge in [0.05, 0.1) is 0 Å². The predicted molar refractivity (Wildman–Crippen MR) is 95.1 cm³/mol. The lowest BCUT2D eigenvalue weighted by Crippen LogP contribution is -2.18. The second-order valence-electron chi connectivity index (χ2n) is 5.27. The zero-order valence-electron chi connectivity index (χ0n) is 12.5. The summed E-state index contributed by atoms with van der Waals surface area (Å²) in [5.41, 5.74) is 0. The van der Waals surface area contributed by atoms with Crippen LogP contribution in [0, 0.1) is 0 Å². The summed E-state index contributed by atoms with van der Waals surface area (Å²) in [6.45, 7) is 3.41. The van der Waals surface area contributed by atoms with Crippen LogP contribution in [0.2, 0.25) is 0 Å². The van der Waals surface area contributed by atoms with Crippen LogP contribution in [0.1, 0.15) is 43.5 Å². The van der Waals surface area contributed by atoms with Crippen molar-refractivity contribution >= 4 is 33.2 Å². The fourth-order valence-electron chi connectivity index (χ4n) is 2.36. The Balaban J connectivity index is 1.70. The van der Waals surface area contributed by atoms with Crippen molar-refractivity contribution in [3.8, 4) is 0 Å². The van der Waals surface area contributed by atoms with Gasteiger partial charge in [-0.15, -0.1) is 11.3 Å². The lowest BCUT2D eigenvalue weighted by molar-refractivity contribution is 0.542. The monoisotopic (exact) mass is 307 g/mol. The third-order valence-electron chi connectivity index (χ3n) is 3.60. The summed E-state index contributed by atoms with van der Waals surface area (Å²) in [5.74, 6) is 1.31. The quantitative estimate of drug-likeness (QED) is 0.616. The minimum Gasteiger partial charge on any atom is -0.309 e. The van der Waals surface area contributed by atoms with Crippen LogP contribution >= 0.6 is 23.1 Å². The predicted octanol–water partition coefficient (Wildman–Crippen LogP) is 5.48. The van der Waals surface area contributed by atoms with Crippen LogP contribution in [0.15, 0.2) is 30.3 Å². The first kappa shape index (κ1) is 15.9. The SMILES string of the molecule is CSCCCCCCNC(C)c1cc2ccccc2s1. The summed E-state index contributed by atoms with van der Waals surface area (Å²) in [6, 6.07) is 11.4. The summed E-state index contributed by atoms with van der Waals surface area (Å²) in [4.78, 5) is 1.45. The van der Waals surface area contributed by atoms with Crippen molar-refractivity contribution in [1.82, 2.24) is 5.32 Å². The first-order chi connectivity index (χ1) is 9.81. The molecule has 0 aliphatic heterocycles. The standard InChI is InChI=1S/C17H25NS2/c1-14(18-11-7-3-4-8-12-19-2)17-13-15-9-5-6-10-16(15)20-17/h5-6,9-10,13-14,18H,3-4,7-8,11-12H2,1-2H3. The first-order valence-corrected chi connectivity index (χ1v) is 9.73. The average molecular weight is 308 g/mol. The largest absolute Gasteiger partial charge is 0.309 e. The van der Waals surface area contributed by atoms with Crippen LogP contribution in [0.3, 0.4) is 0 Å². The molecule has 1 aromatic heterocycles. The molecule has 1 aromatic carbocycles. The molecule has 1 nitrogen and oxygen atoms in total. The van der Waals surface area contributed by atoms with E-state index in [4.69, 9.17) is 0 Å². The van der Waals surface area contributed by atoms with Crippen LogP contribution in [-0.4, -0.2) is 18.6 Å². The molecule has 0 aliphatic carbocycles. The Morgan fingerprint density at radius 1 is 1.15 bits per heavy atom. The van der Waals surface area contributed by atoms with Gasteiger partial charge in [0.2, 0.25) is 0 Å². The molecular weight excluding hydrogens is 282 g/mol. The third-order valence-corrected chi connectivity index (χ3v) is 5.59. The van der Waals surface area contributed by atoms with Crippen molar-refractivity contribution in [2.75, 3.05) is 18.6 Å². The molecule has 0 spiro atoms. The minimum atomic E-state index is 0.471. The van der Waals surface area contributed by atoms with E-state index in [1.807, 2.05) is 23.1 Å². The molecule has 2 rings (SSSR count). The molecule has 0 bridgehead atoms. The molecule has 0 aliphatic rings. The van der Waals surface area contributed by atoms with Crippen molar-refractivity contribution in [2.45, 2.75) is 38.6 Å². The molecule has 2 aromatic rings. The molecule has 1 heterocycles. The van der Waals surface area contributed by atoms with Crippen molar-refractivity contribution in [2.24, 2.45) is 0 Å². The minimum absolute atomic E-state index is 0.471. The number of hydrogen-bond donors (Lipinski definition) is 1. The normalized spacial score (nSPS) is 12.9. The maximum atomic E-state index is 3.66. The van der Waals surface area contributed by atoms with Gasteiger partial charge in [0.25, 0.3) is 0 Å². The molecule has 0 saturated heterocycles. The Hall–Kier alpha value is -0.510. The Labute approximate surface area is 131 Å². The summed E-state index contributed by atoms with van der Waals surface area (Å²) < 4.78 is 1.40. The summed E-state index contributed by atoms with van der Waals surface area (Å²) in [6.07, 6.45) is 7.58. The molecular formula is C17H25NS2. The molecule has 1 N–H and O–H groups in total. The van der Waals surface area contributed by atoms with E-state index in [1.165, 1.54) is 46.4 Å². The molecule has 0 radical (unpaired) electrons. The Bertz CT molecular complexity index is 473. The highest BCUT2D eigenvalue weighted by atomic mass is 32.2. The molecule has 0 fully saturated rings. The van der Waals surface area contributed by atoms with E-state index in [2.05, 4.69) is 48.8 Å². The van der Waals surface area contributed by atoms with E-state index in [1.54, 1.807) is 0 Å². The summed E-state index contributed by atoms with van der Waals surface area (Å²) in [5, 5.41) is 5.03. The van der Waals surface area contributed by atoms with Gasteiger partial charge in [-0.05, 0) is 55.8 Å². The van der Waals surface area contributed by atoms with Gasteiger partial charge in [-0.3, -0.25) is 0 Å². The van der Waals surface area contributed by atoms with E-state index in [-0.39, 0.29) is 0 Å². The highest BCUT2D eigenvalue weighted by Crippen LogP contribution is 2.29. The zero-order chi connectivity index (χ0) is 14.2. The molecule has 3 heteroatoms. The third kappa shape index (κ3) is 4.80. The fourth-order valence-corrected chi connectivity index (χ4v) is 3.94. The maximum absolute atomic E-state index is 3.66. The van der Waals surface area contributed by atoms with Gasteiger partial charge in [-0.2, -0.15) is 11.8 Å². The number of thioether (sulfide) groups is 1. The number of unbranched alkanes of at least 4 members (excludes halogenated alkanes) is 3. The molecule has 1 unspecified atom stereocenters. The van der Waals surface area contributed by atoms with Gasteiger partial charge < -0.3 is 5.32 Å². The van der Waals surface area contributed by atoms with Crippen LogP contribution < -0.4 is 5.32 Å². The lowest BCUT2D eigenvalue weighted by Gasteiger charge is -2.11. The van der Waals surface area contributed by atoms with Gasteiger partial charge in [0.1, 0.15) is 0 Å². The van der Waals surface area contributed by atoms with E-state index in [0.29, 0.717) is 6.04 Å². The number of hydrogen-bond acceptors (Lipinski definition) is 3. The second-order valence-corrected chi connectivity index (χ2v) is 7.37.